The van der Waals surface area contributed by atoms with Gasteiger partial charge in [0.15, 0.2) is 0 Å². The number of rotatable bonds is 4. The van der Waals surface area contributed by atoms with Gasteiger partial charge in [0.25, 0.3) is 0 Å². The first kappa shape index (κ1) is 10.4. The number of nitrogens with two attached hydrogens (primary N) is 1. The lowest BCUT2D eigenvalue weighted by molar-refractivity contribution is -0.139. The smallest absolute Gasteiger partial charge is 0.317 e. The monoisotopic (exact) mass is 187 g/mol. The van der Waals surface area contributed by atoms with Crippen molar-refractivity contribution in [2.45, 2.75) is 6.42 Å². The van der Waals surface area contributed by atoms with Crippen molar-refractivity contribution < 1.29 is 9.90 Å². The number of carboxylic acid groups (broad SMARTS) is 1. The van der Waals surface area contributed by atoms with Crippen LogP contribution in [0, 0.1) is 0 Å². The Bertz CT molecular complexity index is 173. The Morgan fingerprint density at radius 2 is 2.08 bits per heavy atom. The molecule has 0 aromatic heterocycles. The molecule has 0 bridgehead atoms. The summed E-state index contributed by atoms with van der Waals surface area (Å²) in [5, 5.41) is 8.60. The predicted octanol–water partition coefficient (Wildman–Crippen LogP) is -1.01. The molecule has 3 N–H and O–H groups in total. The molecule has 0 atom stereocenters. The second-order valence-corrected chi connectivity index (χ2v) is 3.35. The summed E-state index contributed by atoms with van der Waals surface area (Å²) >= 11 is 0. The van der Waals surface area contributed by atoms with Crippen LogP contribution in [0.1, 0.15) is 6.42 Å². The molecule has 5 heteroatoms. The number of carbonyl (C=O) groups is 1. The molecule has 1 saturated heterocycles. The maximum absolute atomic E-state index is 10.4. The third-order valence-corrected chi connectivity index (χ3v) is 2.15. The molecule has 1 rings (SSSR count). The lowest BCUT2D eigenvalue weighted by atomic mass is 10.3. The second kappa shape index (κ2) is 5.16. The Kier molecular flexibility index (Phi) is 4.14. The van der Waals surface area contributed by atoms with Gasteiger partial charge in [-0.3, -0.25) is 14.6 Å². The maximum Gasteiger partial charge on any atom is 0.317 e. The summed E-state index contributed by atoms with van der Waals surface area (Å²) in [5.74, 6) is -0.755. The zero-order chi connectivity index (χ0) is 9.68. The van der Waals surface area contributed by atoms with Gasteiger partial charge in [0.1, 0.15) is 0 Å². The second-order valence-electron chi connectivity index (χ2n) is 3.35. The molecule has 1 aliphatic heterocycles. The van der Waals surface area contributed by atoms with Gasteiger partial charge in [0.2, 0.25) is 0 Å². The third kappa shape index (κ3) is 3.71. The SMILES string of the molecule is NCCN1CCCN(CC(=O)O)C1. The first-order valence-electron chi connectivity index (χ1n) is 4.59. The average molecular weight is 187 g/mol. The van der Waals surface area contributed by atoms with Crippen LogP contribution < -0.4 is 5.73 Å². The van der Waals surface area contributed by atoms with Crippen molar-refractivity contribution >= 4 is 5.97 Å². The number of carboxylic acids is 1. The van der Waals surface area contributed by atoms with Crippen LogP contribution in [0.15, 0.2) is 0 Å². The minimum absolute atomic E-state index is 0.140. The van der Waals surface area contributed by atoms with E-state index >= 15 is 0 Å². The van der Waals surface area contributed by atoms with Gasteiger partial charge in [0, 0.05) is 26.2 Å². The molecule has 5 nitrogen and oxygen atoms in total. The van der Waals surface area contributed by atoms with Gasteiger partial charge in [0.05, 0.1) is 13.2 Å². The highest BCUT2D eigenvalue weighted by molar-refractivity contribution is 5.69. The summed E-state index contributed by atoms with van der Waals surface area (Å²) in [6.45, 7) is 4.29. The molecule has 1 aliphatic rings. The zero-order valence-electron chi connectivity index (χ0n) is 7.78. The van der Waals surface area contributed by atoms with Crippen molar-refractivity contribution in [1.82, 2.24) is 9.80 Å². The van der Waals surface area contributed by atoms with Gasteiger partial charge < -0.3 is 10.8 Å². The van der Waals surface area contributed by atoms with Crippen LogP contribution in [0.2, 0.25) is 0 Å². The first-order chi connectivity index (χ1) is 6.22. The summed E-state index contributed by atoms with van der Waals surface area (Å²) in [6, 6.07) is 0. The van der Waals surface area contributed by atoms with E-state index in [0.717, 1.165) is 32.7 Å². The highest BCUT2D eigenvalue weighted by Crippen LogP contribution is 2.04. The van der Waals surface area contributed by atoms with Crippen molar-refractivity contribution in [1.29, 1.82) is 0 Å². The molecule has 1 heterocycles. The number of hydrogen-bond donors (Lipinski definition) is 2. The largest absolute Gasteiger partial charge is 0.480 e. The molecule has 0 unspecified atom stereocenters. The number of hydrogen-bond acceptors (Lipinski definition) is 4. The molecule has 13 heavy (non-hydrogen) atoms. The van der Waals surface area contributed by atoms with Crippen molar-refractivity contribution in [2.75, 3.05) is 39.4 Å². The van der Waals surface area contributed by atoms with E-state index in [1.807, 2.05) is 4.90 Å². The number of nitrogens with zero attached hydrogens (tertiary/aromatic N) is 2. The van der Waals surface area contributed by atoms with E-state index in [4.69, 9.17) is 10.8 Å². The van der Waals surface area contributed by atoms with Gasteiger partial charge in [-0.1, -0.05) is 0 Å². The van der Waals surface area contributed by atoms with E-state index in [1.54, 1.807) is 0 Å². The maximum atomic E-state index is 10.4. The molecular formula is C8H17N3O2. The van der Waals surface area contributed by atoms with Crippen LogP contribution in [-0.4, -0.2) is 60.3 Å². The molecule has 0 aromatic rings. The highest BCUT2D eigenvalue weighted by atomic mass is 16.4. The average Bonchev–Trinajstić information content (AvgIpc) is 2.04. The summed E-state index contributed by atoms with van der Waals surface area (Å²) < 4.78 is 0. The van der Waals surface area contributed by atoms with E-state index in [2.05, 4.69) is 4.90 Å². The first-order valence-corrected chi connectivity index (χ1v) is 4.59. The number of aliphatic carboxylic acids is 1. The summed E-state index contributed by atoms with van der Waals surface area (Å²) in [6.07, 6.45) is 1.03. The Balaban J connectivity index is 2.28. The topological polar surface area (TPSA) is 69.8 Å². The molecule has 76 valence electrons. The highest BCUT2D eigenvalue weighted by Gasteiger charge is 2.17. The van der Waals surface area contributed by atoms with Crippen LogP contribution in [-0.2, 0) is 4.79 Å². The van der Waals surface area contributed by atoms with E-state index in [9.17, 15) is 4.79 Å². The molecule has 0 aliphatic carbocycles. The predicted molar refractivity (Wildman–Crippen MR) is 49.3 cm³/mol. The molecule has 0 radical (unpaired) electrons. The quantitative estimate of drug-likeness (QED) is 0.590. The van der Waals surface area contributed by atoms with Gasteiger partial charge in [-0.05, 0) is 6.42 Å². The summed E-state index contributed by atoms with van der Waals surface area (Å²) in [5.41, 5.74) is 5.43. The lowest BCUT2D eigenvalue weighted by Crippen LogP contribution is -2.47. The Morgan fingerprint density at radius 1 is 1.38 bits per heavy atom. The van der Waals surface area contributed by atoms with Gasteiger partial charge >= 0.3 is 5.97 Å². The lowest BCUT2D eigenvalue weighted by Gasteiger charge is -2.34. The summed E-state index contributed by atoms with van der Waals surface area (Å²) in [7, 11) is 0. The van der Waals surface area contributed by atoms with Crippen molar-refractivity contribution in [3.05, 3.63) is 0 Å². The fourth-order valence-electron chi connectivity index (χ4n) is 1.63. The summed E-state index contributed by atoms with van der Waals surface area (Å²) in [4.78, 5) is 14.6. The van der Waals surface area contributed by atoms with Crippen LogP contribution >= 0.6 is 0 Å². The van der Waals surface area contributed by atoms with Gasteiger partial charge in [-0.2, -0.15) is 0 Å². The Labute approximate surface area is 78.1 Å². The standard InChI is InChI=1S/C8H17N3O2/c9-2-5-10-3-1-4-11(7-10)6-8(12)13/h1-7,9H2,(H,12,13). The molecule has 0 saturated carbocycles. The van der Waals surface area contributed by atoms with Gasteiger partial charge in [-0.25, -0.2) is 0 Å². The molecule has 0 amide bonds. The van der Waals surface area contributed by atoms with E-state index in [1.165, 1.54) is 0 Å². The van der Waals surface area contributed by atoms with E-state index in [-0.39, 0.29) is 6.54 Å². The normalized spacial score (nSPS) is 20.4. The molecule has 0 aromatic carbocycles. The van der Waals surface area contributed by atoms with Crippen molar-refractivity contribution in [2.24, 2.45) is 5.73 Å². The van der Waals surface area contributed by atoms with Crippen LogP contribution in [0.25, 0.3) is 0 Å². The van der Waals surface area contributed by atoms with Crippen LogP contribution in [0.5, 0.6) is 0 Å². The zero-order valence-corrected chi connectivity index (χ0v) is 7.78. The Morgan fingerprint density at radius 3 is 2.69 bits per heavy atom. The van der Waals surface area contributed by atoms with Crippen molar-refractivity contribution in [3.8, 4) is 0 Å². The van der Waals surface area contributed by atoms with Crippen molar-refractivity contribution in [3.63, 3.8) is 0 Å². The van der Waals surface area contributed by atoms with E-state index in [0.29, 0.717) is 6.54 Å². The van der Waals surface area contributed by atoms with Gasteiger partial charge in [-0.15, -0.1) is 0 Å². The minimum atomic E-state index is -0.755. The molecule has 1 fully saturated rings. The molecule has 0 spiro atoms. The fourth-order valence-corrected chi connectivity index (χ4v) is 1.63. The van der Waals surface area contributed by atoms with E-state index < -0.39 is 5.97 Å². The fraction of sp³-hybridized carbons (Fsp3) is 0.875. The third-order valence-electron chi connectivity index (χ3n) is 2.15. The molecular weight excluding hydrogens is 170 g/mol. The van der Waals surface area contributed by atoms with Crippen LogP contribution in [0.3, 0.4) is 0 Å². The van der Waals surface area contributed by atoms with Crippen LogP contribution in [0.4, 0.5) is 0 Å². The minimum Gasteiger partial charge on any atom is -0.480 e. The Hall–Kier alpha value is -0.650.